The first-order valence-electron chi connectivity index (χ1n) is 9.18. The lowest BCUT2D eigenvalue weighted by Gasteiger charge is -2.18. The molecule has 1 aromatic heterocycles. The van der Waals surface area contributed by atoms with Gasteiger partial charge in [0.05, 0.1) is 22.7 Å². The maximum atomic E-state index is 12.9. The van der Waals surface area contributed by atoms with Crippen molar-refractivity contribution in [2.75, 3.05) is 32.1 Å². The third-order valence-electron chi connectivity index (χ3n) is 4.48. The first-order valence-corrected chi connectivity index (χ1v) is 11.4. The summed E-state index contributed by atoms with van der Waals surface area (Å²) in [5, 5.41) is 2.82. The molecule has 0 spiro atoms. The molecule has 0 bridgehead atoms. The molecule has 0 unspecified atom stereocenters. The van der Waals surface area contributed by atoms with Crippen LogP contribution in [0.4, 0.5) is 5.82 Å². The number of nitrogens with zero attached hydrogens (tertiary/aromatic N) is 2. The molecule has 0 aliphatic carbocycles. The number of methoxy groups -OCH3 is 1. The number of rotatable bonds is 7. The second-order valence-electron chi connectivity index (χ2n) is 6.59. The summed E-state index contributed by atoms with van der Waals surface area (Å²) in [5.41, 5.74) is -0.0333. The second kappa shape index (κ2) is 9.82. The van der Waals surface area contributed by atoms with Gasteiger partial charge in [-0.15, -0.1) is 0 Å². The highest BCUT2D eigenvalue weighted by molar-refractivity contribution is 7.89. The van der Waals surface area contributed by atoms with E-state index >= 15 is 0 Å². The van der Waals surface area contributed by atoms with Gasteiger partial charge in [-0.2, -0.15) is 4.31 Å². The minimum absolute atomic E-state index is 0.0333. The maximum Gasteiger partial charge on any atom is 0.338 e. The monoisotopic (exact) mass is 487 g/mol. The van der Waals surface area contributed by atoms with Gasteiger partial charge in [-0.3, -0.25) is 4.79 Å². The van der Waals surface area contributed by atoms with E-state index in [4.69, 9.17) is 32.7 Å². The average Bonchev–Trinajstić information content (AvgIpc) is 3.29. The summed E-state index contributed by atoms with van der Waals surface area (Å²) in [6.07, 6.45) is 2.84. The van der Waals surface area contributed by atoms with E-state index in [1.165, 1.54) is 41.9 Å². The van der Waals surface area contributed by atoms with Gasteiger partial charge in [0.2, 0.25) is 10.0 Å². The summed E-state index contributed by atoms with van der Waals surface area (Å²) < 4.78 is 37.3. The first kappa shape index (κ1) is 23.3. The van der Waals surface area contributed by atoms with Crippen molar-refractivity contribution in [2.45, 2.75) is 17.7 Å². The molecule has 3 rings (SSSR count). The van der Waals surface area contributed by atoms with Crippen LogP contribution in [0.15, 0.2) is 35.4 Å². The first-order chi connectivity index (χ1) is 14.7. The van der Waals surface area contributed by atoms with E-state index in [0.717, 1.165) is 12.8 Å². The van der Waals surface area contributed by atoms with Gasteiger partial charge in [-0.25, -0.2) is 18.2 Å². The van der Waals surface area contributed by atoms with Gasteiger partial charge in [0, 0.05) is 19.3 Å². The Labute approximate surface area is 189 Å². The number of hydrogen-bond acceptors (Lipinski definition) is 7. The molecule has 2 heterocycles. The van der Waals surface area contributed by atoms with Gasteiger partial charge in [0.1, 0.15) is 10.6 Å². The normalized spacial score (nSPS) is 14.3. The number of ether oxygens (including phenoxy) is 2. The summed E-state index contributed by atoms with van der Waals surface area (Å²) in [4.78, 5) is 28.2. The molecule has 0 atom stereocenters. The van der Waals surface area contributed by atoms with E-state index < -0.39 is 28.5 Å². The maximum absolute atomic E-state index is 12.9. The van der Waals surface area contributed by atoms with Crippen molar-refractivity contribution in [1.29, 1.82) is 0 Å². The molecule has 1 saturated heterocycles. The Bertz CT molecular complexity index is 1100. The van der Waals surface area contributed by atoms with Gasteiger partial charge in [-0.1, -0.05) is 23.2 Å². The van der Waals surface area contributed by atoms with Crippen molar-refractivity contribution in [2.24, 2.45) is 0 Å². The van der Waals surface area contributed by atoms with Crippen LogP contribution >= 0.6 is 23.2 Å². The summed E-state index contributed by atoms with van der Waals surface area (Å²) >= 11 is 11.7. The zero-order chi connectivity index (χ0) is 22.6. The van der Waals surface area contributed by atoms with E-state index in [9.17, 15) is 18.0 Å². The number of benzene rings is 1. The highest BCUT2D eigenvalue weighted by atomic mass is 35.5. The van der Waals surface area contributed by atoms with Crippen LogP contribution in [0.5, 0.6) is 5.75 Å². The fourth-order valence-corrected chi connectivity index (χ4v) is 5.09. The van der Waals surface area contributed by atoms with Gasteiger partial charge in [0.15, 0.2) is 12.4 Å². The van der Waals surface area contributed by atoms with Crippen LogP contribution in [0.25, 0.3) is 0 Å². The predicted molar refractivity (Wildman–Crippen MR) is 114 cm³/mol. The van der Waals surface area contributed by atoms with Gasteiger partial charge >= 0.3 is 5.97 Å². The Morgan fingerprint density at radius 3 is 2.55 bits per heavy atom. The van der Waals surface area contributed by atoms with Gasteiger partial charge in [-0.05, 0) is 37.1 Å². The summed E-state index contributed by atoms with van der Waals surface area (Å²) in [6, 6.07) is 5.32. The van der Waals surface area contributed by atoms with E-state index in [-0.39, 0.29) is 27.0 Å². The van der Waals surface area contributed by atoms with E-state index in [1.807, 2.05) is 0 Å². The molecule has 1 aliphatic rings. The van der Waals surface area contributed by atoms with Crippen LogP contribution in [0.2, 0.25) is 10.0 Å². The molecule has 31 heavy (non-hydrogen) atoms. The van der Waals surface area contributed by atoms with Crippen LogP contribution in [0.3, 0.4) is 0 Å². The number of pyridine rings is 1. The minimum atomic E-state index is -3.83. The lowest BCUT2D eigenvalue weighted by Crippen LogP contribution is -2.28. The Balaban J connectivity index is 1.71. The zero-order valence-corrected chi connectivity index (χ0v) is 18.8. The third-order valence-corrected chi connectivity index (χ3v) is 6.90. The number of esters is 1. The topological polar surface area (TPSA) is 115 Å². The number of carbonyl (C=O) groups is 2. The fourth-order valence-electron chi connectivity index (χ4n) is 2.96. The van der Waals surface area contributed by atoms with Crippen molar-refractivity contribution in [3.8, 4) is 5.75 Å². The number of hydrogen-bond donors (Lipinski definition) is 1. The van der Waals surface area contributed by atoms with Crippen LogP contribution < -0.4 is 10.1 Å². The molecule has 0 radical (unpaired) electrons. The van der Waals surface area contributed by atoms with Gasteiger partial charge in [0.25, 0.3) is 5.91 Å². The molecule has 0 saturated carbocycles. The Morgan fingerprint density at radius 1 is 1.19 bits per heavy atom. The number of carbonyl (C=O) groups excluding carboxylic acids is 2. The van der Waals surface area contributed by atoms with E-state index in [2.05, 4.69) is 10.3 Å². The Hall–Kier alpha value is -2.40. The number of amides is 1. The minimum Gasteiger partial charge on any atom is -0.495 e. The van der Waals surface area contributed by atoms with Crippen LogP contribution in [0, 0.1) is 0 Å². The molecule has 1 aromatic carbocycles. The standard InChI is InChI=1S/C19H19Cl2N3O6S/c1-29-15-5-4-12(8-16(15)31(27,28)24-6-2-3-7-24)19(26)30-11-17(25)23-18-14(21)9-13(20)10-22-18/h4-5,8-10H,2-3,6-7,11H2,1H3,(H,22,23,25). The molecule has 1 amide bonds. The zero-order valence-electron chi connectivity index (χ0n) is 16.4. The summed E-state index contributed by atoms with van der Waals surface area (Å²) in [7, 11) is -2.49. The lowest BCUT2D eigenvalue weighted by atomic mass is 10.2. The Morgan fingerprint density at radius 2 is 1.90 bits per heavy atom. The number of aromatic nitrogens is 1. The van der Waals surface area contributed by atoms with E-state index in [0.29, 0.717) is 18.1 Å². The van der Waals surface area contributed by atoms with Gasteiger partial charge < -0.3 is 14.8 Å². The van der Waals surface area contributed by atoms with Crippen molar-refractivity contribution < 1.29 is 27.5 Å². The lowest BCUT2D eigenvalue weighted by molar-refractivity contribution is -0.119. The molecule has 1 aliphatic heterocycles. The third kappa shape index (κ3) is 5.45. The van der Waals surface area contributed by atoms with Crippen LogP contribution in [-0.2, 0) is 19.6 Å². The van der Waals surface area contributed by atoms with Crippen molar-refractivity contribution in [3.05, 3.63) is 46.1 Å². The number of sulfonamides is 1. The smallest absolute Gasteiger partial charge is 0.338 e. The molecule has 9 nitrogen and oxygen atoms in total. The molecular weight excluding hydrogens is 469 g/mol. The molecule has 2 aromatic rings. The van der Waals surface area contributed by atoms with Crippen molar-refractivity contribution in [1.82, 2.24) is 9.29 Å². The van der Waals surface area contributed by atoms with Crippen LogP contribution in [-0.4, -0.2) is 56.4 Å². The average molecular weight is 488 g/mol. The summed E-state index contributed by atoms with van der Waals surface area (Å²) in [5.74, 6) is -1.37. The van der Waals surface area contributed by atoms with Crippen molar-refractivity contribution in [3.63, 3.8) is 0 Å². The highest BCUT2D eigenvalue weighted by Crippen LogP contribution is 2.30. The number of anilines is 1. The summed E-state index contributed by atoms with van der Waals surface area (Å²) in [6.45, 7) is 0.183. The second-order valence-corrected chi connectivity index (χ2v) is 9.34. The number of halogens is 2. The number of nitrogens with one attached hydrogen (secondary N) is 1. The molecule has 166 valence electrons. The molecule has 1 N–H and O–H groups in total. The van der Waals surface area contributed by atoms with E-state index in [1.54, 1.807) is 0 Å². The molecule has 1 fully saturated rings. The Kier molecular flexibility index (Phi) is 7.37. The highest BCUT2D eigenvalue weighted by Gasteiger charge is 2.31. The predicted octanol–water partition coefficient (Wildman–Crippen LogP) is 2.98. The van der Waals surface area contributed by atoms with Crippen molar-refractivity contribution >= 4 is 50.9 Å². The van der Waals surface area contributed by atoms with Crippen LogP contribution in [0.1, 0.15) is 23.2 Å². The molecule has 12 heteroatoms. The SMILES string of the molecule is COc1ccc(C(=O)OCC(=O)Nc2ncc(Cl)cc2Cl)cc1S(=O)(=O)N1CCCC1. The molecular formula is C19H19Cl2N3O6S. The quantitative estimate of drug-likeness (QED) is 0.596. The fraction of sp³-hybridized carbons (Fsp3) is 0.316. The largest absolute Gasteiger partial charge is 0.495 e.